The maximum Gasteiger partial charge on any atom is 0.203 e. The van der Waals surface area contributed by atoms with Gasteiger partial charge in [-0.25, -0.2) is 0 Å². The third-order valence-electron chi connectivity index (χ3n) is 4.22. The molecule has 0 aliphatic heterocycles. The Labute approximate surface area is 150 Å². The molecule has 4 rings (SSSR count). The van der Waals surface area contributed by atoms with Gasteiger partial charge < -0.3 is 4.74 Å². The fourth-order valence-corrected chi connectivity index (χ4v) is 4.16. The highest BCUT2D eigenvalue weighted by atomic mass is 32.1. The van der Waals surface area contributed by atoms with Crippen molar-refractivity contribution < 1.29 is 9.53 Å². The predicted molar refractivity (Wildman–Crippen MR) is 104 cm³/mol. The summed E-state index contributed by atoms with van der Waals surface area (Å²) < 4.78 is 6.31. The van der Waals surface area contributed by atoms with Crippen LogP contribution < -0.4 is 4.74 Å². The van der Waals surface area contributed by atoms with Crippen LogP contribution in [0.3, 0.4) is 0 Å². The maximum atomic E-state index is 13.2. The molecule has 25 heavy (non-hydrogen) atoms. The molecule has 0 saturated carbocycles. The fraction of sp³-hybridized carbons (Fsp3) is 0.0455. The third kappa shape index (κ3) is 2.83. The van der Waals surface area contributed by atoms with E-state index in [0.29, 0.717) is 5.56 Å². The zero-order valence-corrected chi connectivity index (χ0v) is 14.5. The van der Waals surface area contributed by atoms with E-state index in [1.165, 1.54) is 0 Å². The van der Waals surface area contributed by atoms with Gasteiger partial charge in [0.15, 0.2) is 0 Å². The minimum atomic E-state index is 0.0442. The van der Waals surface area contributed by atoms with E-state index < -0.39 is 0 Å². The largest absolute Gasteiger partial charge is 0.497 e. The van der Waals surface area contributed by atoms with Crippen LogP contribution in [0.15, 0.2) is 78.9 Å². The number of carbonyl (C=O) groups excluding carboxylic acids is 1. The summed E-state index contributed by atoms with van der Waals surface area (Å²) in [5.74, 6) is 0.791. The number of carbonyl (C=O) groups is 1. The average Bonchev–Trinajstić information content (AvgIpc) is 3.07. The summed E-state index contributed by atoms with van der Waals surface area (Å²) in [6, 6.07) is 25.6. The van der Waals surface area contributed by atoms with Crippen molar-refractivity contribution in [3.05, 3.63) is 89.3 Å². The Bertz CT molecular complexity index is 1030. The van der Waals surface area contributed by atoms with Gasteiger partial charge in [-0.2, -0.15) is 0 Å². The lowest BCUT2D eigenvalue weighted by atomic mass is 9.98. The molecule has 0 atom stereocenters. The van der Waals surface area contributed by atoms with Crippen molar-refractivity contribution in [1.82, 2.24) is 0 Å². The molecule has 0 fully saturated rings. The van der Waals surface area contributed by atoms with Crippen LogP contribution in [0.4, 0.5) is 0 Å². The summed E-state index contributed by atoms with van der Waals surface area (Å²) in [7, 11) is 1.62. The van der Waals surface area contributed by atoms with E-state index in [2.05, 4.69) is 24.3 Å². The fourth-order valence-electron chi connectivity index (χ4n) is 2.97. The highest BCUT2D eigenvalue weighted by Crippen LogP contribution is 2.39. The molecule has 0 N–H and O–H groups in total. The van der Waals surface area contributed by atoms with E-state index in [4.69, 9.17) is 4.74 Å². The highest BCUT2D eigenvalue weighted by Gasteiger charge is 2.20. The smallest absolute Gasteiger partial charge is 0.203 e. The Balaban J connectivity index is 1.90. The molecule has 0 spiro atoms. The first-order valence-corrected chi connectivity index (χ1v) is 8.85. The number of fused-ring (bicyclic) bond motifs is 1. The van der Waals surface area contributed by atoms with Crippen LogP contribution in [0, 0.1) is 0 Å². The number of benzene rings is 3. The van der Waals surface area contributed by atoms with Crippen molar-refractivity contribution >= 4 is 27.2 Å². The molecule has 0 aliphatic rings. The Kier molecular flexibility index (Phi) is 4.08. The lowest BCUT2D eigenvalue weighted by Gasteiger charge is -2.06. The first-order valence-electron chi connectivity index (χ1n) is 8.03. The van der Waals surface area contributed by atoms with Gasteiger partial charge in [0.05, 0.1) is 12.0 Å². The Hall–Kier alpha value is -2.91. The lowest BCUT2D eigenvalue weighted by molar-refractivity contribution is 0.104. The zero-order chi connectivity index (χ0) is 17.2. The molecule has 0 radical (unpaired) electrons. The third-order valence-corrected chi connectivity index (χ3v) is 5.39. The molecule has 1 heterocycles. The molecule has 3 heteroatoms. The molecule has 0 amide bonds. The van der Waals surface area contributed by atoms with Crippen molar-refractivity contribution in [2.75, 3.05) is 7.11 Å². The van der Waals surface area contributed by atoms with Gasteiger partial charge in [0.25, 0.3) is 0 Å². The molecule has 122 valence electrons. The van der Waals surface area contributed by atoms with E-state index >= 15 is 0 Å². The van der Waals surface area contributed by atoms with E-state index in [9.17, 15) is 4.79 Å². The SMILES string of the molecule is COc1ccc(C(=O)c2sc3ccccc3c2-c2ccccc2)cc1. The molecule has 1 aromatic heterocycles. The van der Waals surface area contributed by atoms with Gasteiger partial charge in [0, 0.05) is 21.2 Å². The van der Waals surface area contributed by atoms with Crippen LogP contribution in [0.1, 0.15) is 15.2 Å². The monoisotopic (exact) mass is 344 g/mol. The topological polar surface area (TPSA) is 26.3 Å². The van der Waals surface area contributed by atoms with Crippen molar-refractivity contribution in [2.45, 2.75) is 0 Å². The molecular formula is C22H16O2S. The van der Waals surface area contributed by atoms with E-state index in [1.54, 1.807) is 18.4 Å². The second-order valence-electron chi connectivity index (χ2n) is 5.73. The quantitative estimate of drug-likeness (QED) is 0.437. The van der Waals surface area contributed by atoms with Gasteiger partial charge in [0.2, 0.25) is 5.78 Å². The van der Waals surface area contributed by atoms with Crippen LogP contribution in [0.25, 0.3) is 21.2 Å². The summed E-state index contributed by atoms with van der Waals surface area (Å²) in [4.78, 5) is 14.0. The van der Waals surface area contributed by atoms with E-state index in [0.717, 1.165) is 31.8 Å². The number of rotatable bonds is 4. The van der Waals surface area contributed by atoms with E-state index in [-0.39, 0.29) is 5.78 Å². The van der Waals surface area contributed by atoms with Crippen molar-refractivity contribution in [3.8, 4) is 16.9 Å². The summed E-state index contributed by atoms with van der Waals surface area (Å²) in [5, 5.41) is 1.12. The van der Waals surface area contributed by atoms with Gasteiger partial charge in [-0.1, -0.05) is 48.5 Å². The van der Waals surface area contributed by atoms with Crippen LogP contribution in [0.5, 0.6) is 5.75 Å². The van der Waals surface area contributed by atoms with Gasteiger partial charge in [0.1, 0.15) is 5.75 Å². The van der Waals surface area contributed by atoms with Gasteiger partial charge >= 0.3 is 0 Å². The number of ether oxygens (including phenoxy) is 1. The van der Waals surface area contributed by atoms with Crippen LogP contribution in [0.2, 0.25) is 0 Å². The summed E-state index contributed by atoms with van der Waals surface area (Å²) in [6.07, 6.45) is 0. The van der Waals surface area contributed by atoms with Gasteiger partial charge in [-0.05, 0) is 35.9 Å². The van der Waals surface area contributed by atoms with Crippen LogP contribution in [-0.2, 0) is 0 Å². The Morgan fingerprint density at radius 2 is 1.52 bits per heavy atom. The molecule has 0 saturated heterocycles. The number of methoxy groups -OCH3 is 1. The molecule has 4 aromatic rings. The molecule has 0 aliphatic carbocycles. The Morgan fingerprint density at radius 1 is 0.840 bits per heavy atom. The average molecular weight is 344 g/mol. The van der Waals surface area contributed by atoms with Gasteiger partial charge in [-0.15, -0.1) is 11.3 Å². The summed E-state index contributed by atoms with van der Waals surface area (Å²) in [5.41, 5.74) is 2.75. The molecule has 0 bridgehead atoms. The molecule has 2 nitrogen and oxygen atoms in total. The van der Waals surface area contributed by atoms with Crippen molar-refractivity contribution in [1.29, 1.82) is 0 Å². The van der Waals surface area contributed by atoms with Crippen LogP contribution >= 0.6 is 11.3 Å². The first kappa shape index (κ1) is 15.6. The van der Waals surface area contributed by atoms with Crippen molar-refractivity contribution in [3.63, 3.8) is 0 Å². The van der Waals surface area contributed by atoms with Gasteiger partial charge in [-0.3, -0.25) is 4.79 Å². The molecular weight excluding hydrogens is 328 g/mol. The summed E-state index contributed by atoms with van der Waals surface area (Å²) in [6.45, 7) is 0. The second-order valence-corrected chi connectivity index (χ2v) is 6.78. The number of hydrogen-bond donors (Lipinski definition) is 0. The maximum absolute atomic E-state index is 13.2. The lowest BCUT2D eigenvalue weighted by Crippen LogP contribution is -2.00. The normalized spacial score (nSPS) is 10.8. The zero-order valence-electron chi connectivity index (χ0n) is 13.7. The summed E-state index contributed by atoms with van der Waals surface area (Å²) >= 11 is 1.55. The van der Waals surface area contributed by atoms with E-state index in [1.807, 2.05) is 54.6 Å². The first-order chi connectivity index (χ1) is 12.3. The second kappa shape index (κ2) is 6.54. The van der Waals surface area contributed by atoms with Crippen LogP contribution in [-0.4, -0.2) is 12.9 Å². The minimum absolute atomic E-state index is 0.0442. The van der Waals surface area contributed by atoms with Crippen molar-refractivity contribution in [2.24, 2.45) is 0 Å². The highest BCUT2D eigenvalue weighted by molar-refractivity contribution is 7.21. The number of thiophene rings is 1. The Morgan fingerprint density at radius 3 is 2.24 bits per heavy atom. The molecule has 0 unspecified atom stereocenters. The molecule has 3 aromatic carbocycles. The number of ketones is 1. The minimum Gasteiger partial charge on any atom is -0.497 e. The predicted octanol–water partition coefficient (Wildman–Crippen LogP) is 5.81. The number of hydrogen-bond acceptors (Lipinski definition) is 3. The standard InChI is InChI=1S/C22H16O2S/c1-24-17-13-11-16(12-14-17)21(23)22-20(15-7-3-2-4-8-15)18-9-5-6-10-19(18)25-22/h2-14H,1H3.